The van der Waals surface area contributed by atoms with Crippen molar-refractivity contribution in [1.29, 1.82) is 0 Å². The van der Waals surface area contributed by atoms with Gasteiger partial charge < -0.3 is 18.8 Å². The van der Waals surface area contributed by atoms with Gasteiger partial charge in [-0.2, -0.15) is 0 Å². The number of aromatic nitrogens is 1. The molecule has 0 fully saturated rings. The summed E-state index contributed by atoms with van der Waals surface area (Å²) in [6, 6.07) is 139. The van der Waals surface area contributed by atoms with E-state index in [1.54, 1.807) is 0 Å². The van der Waals surface area contributed by atoms with Crippen LogP contribution in [0.2, 0.25) is 0 Å². The summed E-state index contributed by atoms with van der Waals surface area (Å²) < 4.78 is 9.23. The first-order valence-electron chi connectivity index (χ1n) is 36.9. The van der Waals surface area contributed by atoms with Crippen LogP contribution in [0.3, 0.4) is 0 Å². The molecular formula is C98H78BN3OSi2. The Morgan fingerprint density at radius 2 is 0.695 bits per heavy atom. The molecule has 17 aromatic rings. The van der Waals surface area contributed by atoms with Crippen LogP contribution in [0.5, 0.6) is 0 Å². The third-order valence-corrected chi connectivity index (χ3v) is 32.3. The Bertz CT molecular complexity index is 5920. The fraction of sp³-hybridized carbons (Fsp3) is 0.0816. The summed E-state index contributed by atoms with van der Waals surface area (Å²) in [5, 5.41) is 15.1. The van der Waals surface area contributed by atoms with Crippen molar-refractivity contribution in [2.75, 3.05) is 9.80 Å². The molecule has 0 saturated heterocycles. The van der Waals surface area contributed by atoms with Crippen molar-refractivity contribution >= 4 is 159 Å². The van der Waals surface area contributed by atoms with Gasteiger partial charge in [-0.25, -0.2) is 0 Å². The van der Waals surface area contributed by atoms with Gasteiger partial charge in [-0.15, -0.1) is 0 Å². The van der Waals surface area contributed by atoms with Gasteiger partial charge in [0.15, 0.2) is 16.1 Å². The van der Waals surface area contributed by atoms with Gasteiger partial charge in [-0.1, -0.05) is 333 Å². The van der Waals surface area contributed by atoms with Crippen molar-refractivity contribution in [3.8, 4) is 16.8 Å². The number of hydrogen-bond acceptors (Lipinski definition) is 3. The first-order chi connectivity index (χ1) is 51.3. The maximum atomic E-state index is 6.69. The van der Waals surface area contributed by atoms with E-state index >= 15 is 0 Å². The molecule has 0 N–H and O–H groups in total. The lowest BCUT2D eigenvalue weighted by atomic mass is 9.33. The van der Waals surface area contributed by atoms with Crippen LogP contribution in [0.1, 0.15) is 52.7 Å². The van der Waals surface area contributed by atoms with Gasteiger partial charge in [0, 0.05) is 55.7 Å². The number of para-hydroxylation sites is 3. The number of rotatable bonds is 12. The molecule has 4 heterocycles. The molecule has 502 valence electrons. The van der Waals surface area contributed by atoms with Gasteiger partial charge in [0.2, 0.25) is 0 Å². The number of anilines is 6. The first kappa shape index (κ1) is 63.9. The van der Waals surface area contributed by atoms with Gasteiger partial charge in [0.1, 0.15) is 11.2 Å². The Morgan fingerprint density at radius 1 is 0.267 bits per heavy atom. The van der Waals surface area contributed by atoms with E-state index in [4.69, 9.17) is 4.42 Å². The SMILES string of the molecule is CC(C)(C)c1cc(-c2ccc3c(c2)B2c4ccc([Si](c5ccccc5)(c5ccccc5)c5ccccc5)cc4N(c4cccc([Si](c5ccccc5)(c5ccccc5)c5ccccc5)c4)c4cc(-n5c6ccccc6c6ccccc65)cc(c42)N3c2ccc3oc4ccccc4c3c2)cc(C(C)(C)C)c1. The summed E-state index contributed by atoms with van der Waals surface area (Å²) >= 11 is 0. The zero-order valence-corrected chi connectivity index (χ0v) is 62.0. The largest absolute Gasteiger partial charge is 0.456 e. The van der Waals surface area contributed by atoms with Crippen LogP contribution in [0, 0.1) is 0 Å². The third kappa shape index (κ3) is 10.2. The van der Waals surface area contributed by atoms with Crippen molar-refractivity contribution < 1.29 is 4.42 Å². The molecule has 0 amide bonds. The molecule has 0 aliphatic carbocycles. The topological polar surface area (TPSA) is 24.6 Å². The number of fused-ring (bicyclic) bond motifs is 10. The normalized spacial score (nSPS) is 13.0. The molecule has 2 aliphatic heterocycles. The molecule has 0 bridgehead atoms. The summed E-state index contributed by atoms with van der Waals surface area (Å²) in [5.41, 5.74) is 20.3. The molecule has 0 unspecified atom stereocenters. The number of furan rings is 1. The quantitative estimate of drug-likeness (QED) is 0.0900. The fourth-order valence-corrected chi connectivity index (χ4v) is 27.4. The molecular weight excluding hydrogens is 1300 g/mol. The first-order valence-corrected chi connectivity index (χ1v) is 40.9. The lowest BCUT2D eigenvalue weighted by molar-refractivity contribution is 0.569. The van der Waals surface area contributed by atoms with E-state index in [9.17, 15) is 0 Å². The van der Waals surface area contributed by atoms with Gasteiger partial charge in [-0.3, -0.25) is 0 Å². The average molecular weight is 1380 g/mol. The van der Waals surface area contributed by atoms with Crippen LogP contribution in [0.25, 0.3) is 60.6 Å². The lowest BCUT2D eigenvalue weighted by Gasteiger charge is -2.45. The monoisotopic (exact) mass is 1380 g/mol. The maximum absolute atomic E-state index is 6.69. The van der Waals surface area contributed by atoms with Crippen molar-refractivity contribution in [3.63, 3.8) is 0 Å². The second-order valence-corrected chi connectivity index (χ2v) is 38.4. The highest BCUT2D eigenvalue weighted by Crippen LogP contribution is 2.48. The van der Waals surface area contributed by atoms with Gasteiger partial charge in [-0.05, 0) is 164 Å². The van der Waals surface area contributed by atoms with Crippen molar-refractivity contribution in [2.24, 2.45) is 0 Å². The Kier molecular flexibility index (Phi) is 15.1. The van der Waals surface area contributed by atoms with Crippen molar-refractivity contribution in [3.05, 3.63) is 375 Å². The Labute approximate surface area is 617 Å². The molecule has 0 radical (unpaired) electrons. The summed E-state index contributed by atoms with van der Waals surface area (Å²) in [4.78, 5) is 5.31. The van der Waals surface area contributed by atoms with Crippen molar-refractivity contribution in [2.45, 2.75) is 52.4 Å². The second kappa shape index (κ2) is 24.9. The molecule has 19 rings (SSSR count). The minimum Gasteiger partial charge on any atom is -0.456 e. The predicted molar refractivity (Wildman–Crippen MR) is 452 cm³/mol. The third-order valence-electron chi connectivity index (χ3n) is 22.7. The van der Waals surface area contributed by atoms with E-state index in [0.29, 0.717) is 0 Å². The van der Waals surface area contributed by atoms with E-state index < -0.39 is 16.1 Å². The highest BCUT2D eigenvalue weighted by Gasteiger charge is 2.48. The molecule has 15 aromatic carbocycles. The second-order valence-electron chi connectivity index (χ2n) is 30.7. The average Bonchev–Trinajstić information content (AvgIpc) is 1.37. The molecule has 2 aliphatic rings. The van der Waals surface area contributed by atoms with E-state index in [-0.39, 0.29) is 17.5 Å². The molecule has 0 spiro atoms. The highest BCUT2D eigenvalue weighted by molar-refractivity contribution is 7.20. The Morgan fingerprint density at radius 3 is 1.20 bits per heavy atom. The van der Waals surface area contributed by atoms with E-state index in [2.05, 4.69) is 420 Å². The molecule has 0 saturated carbocycles. The minimum absolute atomic E-state index is 0.0944. The minimum atomic E-state index is -3.20. The van der Waals surface area contributed by atoms with E-state index in [0.717, 1.165) is 72.8 Å². The molecule has 7 heteroatoms. The van der Waals surface area contributed by atoms with Crippen LogP contribution < -0.4 is 67.7 Å². The number of nitrogens with zero attached hydrogens (tertiary/aromatic N) is 3. The van der Waals surface area contributed by atoms with Gasteiger partial charge in [0.25, 0.3) is 6.71 Å². The van der Waals surface area contributed by atoms with Crippen LogP contribution in [-0.2, 0) is 10.8 Å². The zero-order chi connectivity index (χ0) is 70.8. The summed E-state index contributed by atoms with van der Waals surface area (Å²) in [6.45, 7) is 13.8. The van der Waals surface area contributed by atoms with Crippen LogP contribution in [-0.4, -0.2) is 27.4 Å². The summed E-state index contributed by atoms with van der Waals surface area (Å²) in [5.74, 6) is 0. The number of benzene rings is 15. The zero-order valence-electron chi connectivity index (χ0n) is 60.0. The van der Waals surface area contributed by atoms with E-state index in [1.165, 1.54) is 90.9 Å². The maximum Gasteiger partial charge on any atom is 0.252 e. The number of hydrogen-bond donors (Lipinski definition) is 0. The highest BCUT2D eigenvalue weighted by atomic mass is 28.3. The standard InChI is InChI=1S/C98H78BN3OSi2/c1-97(2,3)69-58-68(59-70(61-69)98(4,5)6)67-52-56-90-87(60-67)99-86-55-54-81(105(77-39-19-10-20-40-77,78-41-21-11-22-42-78)79-43-23-12-24-44-79)66-91(86)101(71-32-31-45-80(62-71)104(74-33-13-7-14-34-74,75-35-15-8-16-36-75)76-37-17-9-18-38-76)93-65-73(102-88-49-28-25-46-82(88)83-47-26-29-50-89(83)102)64-92(96(93)99)100(90)72-53-57-95-85(63-72)84-48-27-30-51-94(84)103-95/h7-66H,1-6H3. The fourth-order valence-electron chi connectivity index (χ4n) is 17.8. The molecule has 105 heavy (non-hydrogen) atoms. The van der Waals surface area contributed by atoms with Gasteiger partial charge in [0.05, 0.1) is 16.7 Å². The van der Waals surface area contributed by atoms with Crippen LogP contribution >= 0.6 is 0 Å². The lowest BCUT2D eigenvalue weighted by Crippen LogP contribution is -2.75. The summed E-state index contributed by atoms with van der Waals surface area (Å²) in [6.07, 6.45) is 0. The molecule has 2 aromatic heterocycles. The molecule has 4 nitrogen and oxygen atoms in total. The van der Waals surface area contributed by atoms with Crippen LogP contribution in [0.4, 0.5) is 34.1 Å². The Balaban J connectivity index is 0.983. The summed E-state index contributed by atoms with van der Waals surface area (Å²) in [7, 11) is -6.33. The smallest absolute Gasteiger partial charge is 0.252 e. The van der Waals surface area contributed by atoms with Crippen LogP contribution in [0.15, 0.2) is 368 Å². The predicted octanol–water partition coefficient (Wildman–Crippen LogP) is 17.8. The van der Waals surface area contributed by atoms with Gasteiger partial charge >= 0.3 is 0 Å². The van der Waals surface area contributed by atoms with Crippen molar-refractivity contribution in [1.82, 2.24) is 4.57 Å². The van der Waals surface area contributed by atoms with E-state index in [1.807, 2.05) is 0 Å². The molecule has 0 atom stereocenters. The Hall–Kier alpha value is -12.0.